The molecule has 0 aliphatic heterocycles. The van der Waals surface area contributed by atoms with E-state index in [1.807, 2.05) is 6.07 Å². The van der Waals surface area contributed by atoms with E-state index in [2.05, 4.69) is 10.6 Å². The lowest BCUT2D eigenvalue weighted by Gasteiger charge is -2.23. The first-order chi connectivity index (χ1) is 11.2. The summed E-state index contributed by atoms with van der Waals surface area (Å²) in [5, 5.41) is 5.65. The van der Waals surface area contributed by atoms with E-state index >= 15 is 0 Å². The van der Waals surface area contributed by atoms with Crippen molar-refractivity contribution < 1.29 is 18.7 Å². The van der Waals surface area contributed by atoms with Crippen LogP contribution in [0.3, 0.4) is 0 Å². The smallest absolute Gasteiger partial charge is 0.408 e. The minimum Gasteiger partial charge on any atom is -0.444 e. The monoisotopic (exact) mass is 334 g/mol. The third-order valence-corrected chi connectivity index (χ3v) is 4.31. The highest BCUT2D eigenvalue weighted by molar-refractivity contribution is 5.93. The number of carbonyl (C=O) groups excluding carboxylic acids is 2. The summed E-state index contributed by atoms with van der Waals surface area (Å²) in [6.45, 7) is 5.33. The second kappa shape index (κ2) is 5.76. The van der Waals surface area contributed by atoms with Crippen LogP contribution in [0.1, 0.15) is 51.5 Å². The Bertz CT molecular complexity index is 664. The maximum Gasteiger partial charge on any atom is 0.408 e. The summed E-state index contributed by atoms with van der Waals surface area (Å²) in [7, 11) is 0. The van der Waals surface area contributed by atoms with Gasteiger partial charge in [0.15, 0.2) is 0 Å². The molecular weight excluding hydrogens is 311 g/mol. The Morgan fingerprint density at radius 2 is 2.00 bits per heavy atom. The van der Waals surface area contributed by atoms with Crippen molar-refractivity contribution in [1.82, 2.24) is 10.6 Å². The summed E-state index contributed by atoms with van der Waals surface area (Å²) >= 11 is 0. The summed E-state index contributed by atoms with van der Waals surface area (Å²) in [4.78, 5) is 24.4. The zero-order valence-corrected chi connectivity index (χ0v) is 14.2. The third kappa shape index (κ3) is 3.86. The van der Waals surface area contributed by atoms with Gasteiger partial charge < -0.3 is 15.4 Å². The molecule has 3 rings (SSSR count). The second-order valence-corrected chi connectivity index (χ2v) is 7.69. The van der Waals surface area contributed by atoms with E-state index < -0.39 is 17.2 Å². The first-order valence-corrected chi connectivity index (χ1v) is 8.26. The fourth-order valence-corrected chi connectivity index (χ4v) is 2.80. The summed E-state index contributed by atoms with van der Waals surface area (Å²) in [6.07, 6.45) is 1.43. The topological polar surface area (TPSA) is 67.4 Å². The SMILES string of the molecule is CC(C)(C)OC(=O)NC1(C(=O)N[C@@H]2C[C@@H]2c2cccc(F)c2)CC1. The van der Waals surface area contributed by atoms with Gasteiger partial charge in [-0.05, 0) is 57.7 Å². The number of nitrogens with one attached hydrogen (secondary N) is 2. The number of rotatable bonds is 4. The quantitative estimate of drug-likeness (QED) is 0.890. The zero-order chi connectivity index (χ0) is 17.5. The highest BCUT2D eigenvalue weighted by atomic mass is 19.1. The molecule has 2 saturated carbocycles. The third-order valence-electron chi connectivity index (χ3n) is 4.31. The lowest BCUT2D eigenvalue weighted by molar-refractivity contribution is -0.124. The highest BCUT2D eigenvalue weighted by Gasteiger charge is 2.54. The van der Waals surface area contributed by atoms with Crippen LogP contribution in [0.15, 0.2) is 24.3 Å². The van der Waals surface area contributed by atoms with Crippen molar-refractivity contribution in [2.75, 3.05) is 0 Å². The van der Waals surface area contributed by atoms with E-state index in [4.69, 9.17) is 4.74 Å². The number of halogens is 1. The minimum atomic E-state index is -0.850. The van der Waals surface area contributed by atoms with Gasteiger partial charge in [0.2, 0.25) is 5.91 Å². The second-order valence-electron chi connectivity index (χ2n) is 7.69. The molecule has 0 radical (unpaired) electrons. The van der Waals surface area contributed by atoms with Crippen LogP contribution in [0.5, 0.6) is 0 Å². The van der Waals surface area contributed by atoms with Crippen LogP contribution >= 0.6 is 0 Å². The van der Waals surface area contributed by atoms with Crippen LogP contribution in [0.4, 0.5) is 9.18 Å². The first-order valence-electron chi connectivity index (χ1n) is 8.26. The maximum atomic E-state index is 13.3. The fraction of sp³-hybridized carbons (Fsp3) is 0.556. The number of carbonyl (C=O) groups is 2. The van der Waals surface area contributed by atoms with Gasteiger partial charge in [0, 0.05) is 12.0 Å². The number of ether oxygens (including phenoxy) is 1. The molecule has 0 bridgehead atoms. The molecule has 2 aliphatic carbocycles. The van der Waals surface area contributed by atoms with Gasteiger partial charge in [-0.15, -0.1) is 0 Å². The Labute approximate surface area is 141 Å². The van der Waals surface area contributed by atoms with Crippen molar-refractivity contribution >= 4 is 12.0 Å². The summed E-state index contributed by atoms with van der Waals surface area (Å²) in [6, 6.07) is 6.45. The van der Waals surface area contributed by atoms with Gasteiger partial charge in [-0.2, -0.15) is 0 Å². The molecule has 0 aromatic heterocycles. The molecule has 2 atom stereocenters. The summed E-state index contributed by atoms with van der Waals surface area (Å²) in [5.74, 6) is -0.311. The number of amides is 2. The van der Waals surface area contributed by atoms with Crippen LogP contribution in [-0.2, 0) is 9.53 Å². The van der Waals surface area contributed by atoms with Gasteiger partial charge in [-0.3, -0.25) is 4.79 Å². The van der Waals surface area contributed by atoms with Crippen LogP contribution < -0.4 is 10.6 Å². The molecule has 1 aromatic carbocycles. The van der Waals surface area contributed by atoms with E-state index in [1.54, 1.807) is 26.8 Å². The van der Waals surface area contributed by atoms with Gasteiger partial charge in [0.1, 0.15) is 17.0 Å². The van der Waals surface area contributed by atoms with Crippen LogP contribution in [0.25, 0.3) is 0 Å². The zero-order valence-electron chi connectivity index (χ0n) is 14.2. The normalized spacial score (nSPS) is 24.0. The first kappa shape index (κ1) is 16.7. The number of alkyl carbamates (subject to hydrolysis) is 1. The lowest BCUT2D eigenvalue weighted by atomic mass is 10.1. The van der Waals surface area contributed by atoms with Gasteiger partial charge in [-0.1, -0.05) is 12.1 Å². The largest absolute Gasteiger partial charge is 0.444 e. The molecule has 24 heavy (non-hydrogen) atoms. The predicted octanol–water partition coefficient (Wildman–Crippen LogP) is 2.86. The van der Waals surface area contributed by atoms with E-state index in [-0.39, 0.29) is 23.7 Å². The van der Waals surface area contributed by atoms with Gasteiger partial charge in [-0.25, -0.2) is 9.18 Å². The van der Waals surface area contributed by atoms with Crippen molar-refractivity contribution in [3.8, 4) is 0 Å². The summed E-state index contributed by atoms with van der Waals surface area (Å²) in [5.41, 5.74) is -0.558. The van der Waals surface area contributed by atoms with Gasteiger partial charge >= 0.3 is 6.09 Å². The van der Waals surface area contributed by atoms with Crippen molar-refractivity contribution in [2.24, 2.45) is 0 Å². The van der Waals surface area contributed by atoms with E-state index in [0.717, 1.165) is 12.0 Å². The lowest BCUT2D eigenvalue weighted by Crippen LogP contribution is -2.50. The van der Waals surface area contributed by atoms with E-state index in [0.29, 0.717) is 12.8 Å². The predicted molar refractivity (Wildman–Crippen MR) is 87.0 cm³/mol. The van der Waals surface area contributed by atoms with Gasteiger partial charge in [0.05, 0.1) is 0 Å². The summed E-state index contributed by atoms with van der Waals surface area (Å²) < 4.78 is 18.5. The number of hydrogen-bond acceptors (Lipinski definition) is 3. The Hall–Kier alpha value is -2.11. The van der Waals surface area contributed by atoms with E-state index in [1.165, 1.54) is 12.1 Å². The molecule has 2 aliphatic rings. The van der Waals surface area contributed by atoms with Crippen molar-refractivity contribution in [3.63, 3.8) is 0 Å². The molecule has 5 nitrogen and oxygen atoms in total. The molecule has 0 saturated heterocycles. The van der Waals surface area contributed by atoms with Crippen LogP contribution in [0, 0.1) is 5.82 Å². The average molecular weight is 334 g/mol. The minimum absolute atomic E-state index is 0.00258. The average Bonchev–Trinajstić information content (AvgIpc) is 3.33. The Balaban J connectivity index is 1.53. The molecule has 2 fully saturated rings. The Kier molecular flexibility index (Phi) is 4.01. The Morgan fingerprint density at radius 1 is 1.29 bits per heavy atom. The molecule has 2 N–H and O–H groups in total. The molecule has 0 spiro atoms. The molecular formula is C18H23FN2O3. The fourth-order valence-electron chi connectivity index (χ4n) is 2.80. The molecule has 1 aromatic rings. The standard InChI is InChI=1S/C18H23FN2O3/c1-17(2,3)24-16(23)21-18(7-8-18)15(22)20-14-10-13(14)11-5-4-6-12(19)9-11/h4-6,9,13-14H,7-8,10H2,1-3H3,(H,20,22)(H,21,23)/t13-,14-/m1/s1. The van der Waals surface area contributed by atoms with Crippen molar-refractivity contribution in [3.05, 3.63) is 35.6 Å². The van der Waals surface area contributed by atoms with Crippen LogP contribution in [-0.4, -0.2) is 29.2 Å². The number of benzene rings is 1. The van der Waals surface area contributed by atoms with Crippen LogP contribution in [0.2, 0.25) is 0 Å². The van der Waals surface area contributed by atoms with E-state index in [9.17, 15) is 14.0 Å². The molecule has 2 amide bonds. The highest BCUT2D eigenvalue weighted by Crippen LogP contribution is 2.43. The van der Waals surface area contributed by atoms with Crippen molar-refractivity contribution in [2.45, 2.75) is 63.1 Å². The number of hydrogen-bond donors (Lipinski definition) is 2. The van der Waals surface area contributed by atoms with Gasteiger partial charge in [0.25, 0.3) is 0 Å². The molecule has 0 heterocycles. The Morgan fingerprint density at radius 3 is 2.58 bits per heavy atom. The van der Waals surface area contributed by atoms with Crippen molar-refractivity contribution in [1.29, 1.82) is 0 Å². The molecule has 0 unspecified atom stereocenters. The molecule has 6 heteroatoms. The maximum absolute atomic E-state index is 13.3. The molecule has 130 valence electrons.